The summed E-state index contributed by atoms with van der Waals surface area (Å²) < 4.78 is 0. The number of aliphatic imine (C=N–C) groups is 1. The van der Waals surface area contributed by atoms with Gasteiger partial charge < -0.3 is 15.1 Å². The number of piperidine rings is 1. The Labute approximate surface area is 146 Å². The van der Waals surface area contributed by atoms with Gasteiger partial charge in [-0.15, -0.1) is 0 Å². The van der Waals surface area contributed by atoms with Crippen molar-refractivity contribution >= 4 is 17.7 Å². The number of guanidine groups is 1. The van der Waals surface area contributed by atoms with Gasteiger partial charge in [-0.1, -0.05) is 6.42 Å². The van der Waals surface area contributed by atoms with E-state index in [1.165, 1.54) is 82.8 Å². The van der Waals surface area contributed by atoms with Crippen molar-refractivity contribution in [3.05, 3.63) is 0 Å². The third-order valence-corrected chi connectivity index (χ3v) is 6.70. The molecule has 5 heteroatoms. The molecule has 0 bridgehead atoms. The van der Waals surface area contributed by atoms with Crippen molar-refractivity contribution < 1.29 is 0 Å². The zero-order chi connectivity index (χ0) is 15.9. The van der Waals surface area contributed by atoms with Crippen LogP contribution in [0.5, 0.6) is 0 Å². The van der Waals surface area contributed by atoms with Crippen LogP contribution in [0, 0.1) is 11.8 Å². The highest BCUT2D eigenvalue weighted by Crippen LogP contribution is 2.23. The van der Waals surface area contributed by atoms with E-state index in [9.17, 15) is 0 Å². The highest BCUT2D eigenvalue weighted by molar-refractivity contribution is 7.99. The highest BCUT2D eigenvalue weighted by Gasteiger charge is 2.27. The number of hydrogen-bond acceptors (Lipinski definition) is 3. The minimum atomic E-state index is 0.831. The molecule has 3 saturated heterocycles. The summed E-state index contributed by atoms with van der Waals surface area (Å²) in [4.78, 5) is 9.73. The molecule has 0 spiro atoms. The summed E-state index contributed by atoms with van der Waals surface area (Å²) in [6.45, 7) is 7.43. The molecule has 3 aliphatic heterocycles. The topological polar surface area (TPSA) is 30.9 Å². The molecular weight excluding hydrogens is 304 g/mol. The molecule has 0 aliphatic carbocycles. The van der Waals surface area contributed by atoms with Crippen molar-refractivity contribution in [1.82, 2.24) is 15.1 Å². The molecule has 0 saturated carbocycles. The fraction of sp³-hybridized carbons (Fsp3) is 0.944. The van der Waals surface area contributed by atoms with Gasteiger partial charge in [-0.05, 0) is 68.5 Å². The van der Waals surface area contributed by atoms with Crippen LogP contribution in [0.3, 0.4) is 0 Å². The quantitative estimate of drug-likeness (QED) is 0.630. The van der Waals surface area contributed by atoms with Crippen LogP contribution < -0.4 is 5.32 Å². The fourth-order valence-corrected chi connectivity index (χ4v) is 5.40. The van der Waals surface area contributed by atoms with Crippen molar-refractivity contribution in [1.29, 1.82) is 0 Å². The second kappa shape index (κ2) is 9.16. The minimum Gasteiger partial charge on any atom is -0.356 e. The molecule has 3 heterocycles. The first-order valence-corrected chi connectivity index (χ1v) is 10.8. The smallest absolute Gasteiger partial charge is 0.193 e. The van der Waals surface area contributed by atoms with Gasteiger partial charge in [0.15, 0.2) is 5.96 Å². The maximum absolute atomic E-state index is 4.55. The van der Waals surface area contributed by atoms with Gasteiger partial charge in [-0.2, -0.15) is 11.8 Å². The van der Waals surface area contributed by atoms with Gasteiger partial charge in [-0.3, -0.25) is 4.99 Å². The Morgan fingerprint density at radius 2 is 1.83 bits per heavy atom. The number of rotatable bonds is 4. The van der Waals surface area contributed by atoms with Crippen LogP contribution in [-0.2, 0) is 0 Å². The Bertz CT molecular complexity index is 375. The largest absolute Gasteiger partial charge is 0.356 e. The lowest BCUT2D eigenvalue weighted by Gasteiger charge is -2.29. The Morgan fingerprint density at radius 3 is 2.57 bits per heavy atom. The average Bonchev–Trinajstić information content (AvgIpc) is 3.06. The molecule has 0 radical (unpaired) electrons. The summed E-state index contributed by atoms with van der Waals surface area (Å²) >= 11 is 2.11. The third-order valence-electron chi connectivity index (χ3n) is 5.65. The molecule has 1 N–H and O–H groups in total. The predicted molar refractivity (Wildman–Crippen MR) is 101 cm³/mol. The Kier molecular flexibility index (Phi) is 6.94. The molecule has 4 nitrogen and oxygen atoms in total. The maximum atomic E-state index is 4.55. The Hall–Kier alpha value is -0.420. The fourth-order valence-electron chi connectivity index (χ4n) is 4.20. The van der Waals surface area contributed by atoms with E-state index >= 15 is 0 Å². The summed E-state index contributed by atoms with van der Waals surface area (Å²) in [5.41, 5.74) is 0. The monoisotopic (exact) mass is 338 g/mol. The first kappa shape index (κ1) is 17.4. The molecule has 3 rings (SSSR count). The van der Waals surface area contributed by atoms with Crippen LogP contribution in [0.2, 0.25) is 0 Å². The summed E-state index contributed by atoms with van der Waals surface area (Å²) in [5, 5.41) is 3.66. The third kappa shape index (κ3) is 5.28. The Morgan fingerprint density at radius 1 is 1.04 bits per heavy atom. The van der Waals surface area contributed by atoms with Crippen LogP contribution in [0.25, 0.3) is 0 Å². The molecule has 3 aliphatic rings. The zero-order valence-electron chi connectivity index (χ0n) is 14.8. The first-order valence-electron chi connectivity index (χ1n) is 9.61. The molecule has 1 unspecified atom stereocenters. The van der Waals surface area contributed by atoms with Gasteiger partial charge in [-0.25, -0.2) is 0 Å². The lowest BCUT2D eigenvalue weighted by Crippen LogP contribution is -2.43. The van der Waals surface area contributed by atoms with Crippen LogP contribution in [0.1, 0.15) is 38.5 Å². The van der Waals surface area contributed by atoms with E-state index in [4.69, 9.17) is 0 Å². The van der Waals surface area contributed by atoms with Crippen LogP contribution >= 0.6 is 11.8 Å². The van der Waals surface area contributed by atoms with E-state index in [2.05, 4.69) is 31.9 Å². The van der Waals surface area contributed by atoms with E-state index in [1.54, 1.807) is 0 Å². The molecule has 3 fully saturated rings. The molecule has 23 heavy (non-hydrogen) atoms. The summed E-state index contributed by atoms with van der Waals surface area (Å²) in [6.07, 6.45) is 8.30. The molecule has 0 amide bonds. The molecule has 0 aromatic heterocycles. The van der Waals surface area contributed by atoms with Crippen molar-refractivity contribution in [2.24, 2.45) is 16.8 Å². The second-order valence-electron chi connectivity index (χ2n) is 7.45. The number of thioether (sulfide) groups is 1. The zero-order valence-corrected chi connectivity index (χ0v) is 15.6. The van der Waals surface area contributed by atoms with Crippen LogP contribution in [0.15, 0.2) is 4.99 Å². The predicted octanol–water partition coefficient (Wildman–Crippen LogP) is 2.51. The molecular formula is C18H34N4S. The standard InChI is InChI=1S/C18H34N4S/c1-19-18(20-13-16-6-11-23-12-7-16)22-10-5-17(15-22)14-21-8-3-2-4-9-21/h16-17H,2-15H2,1H3,(H,19,20). The molecule has 1 atom stereocenters. The van der Waals surface area contributed by atoms with Gasteiger partial charge in [0, 0.05) is 33.2 Å². The molecule has 0 aromatic carbocycles. The minimum absolute atomic E-state index is 0.831. The first-order chi connectivity index (χ1) is 11.3. The van der Waals surface area contributed by atoms with E-state index in [0.717, 1.165) is 24.3 Å². The van der Waals surface area contributed by atoms with Gasteiger partial charge >= 0.3 is 0 Å². The molecule has 0 aromatic rings. The summed E-state index contributed by atoms with van der Waals surface area (Å²) in [6, 6.07) is 0. The molecule has 132 valence electrons. The van der Waals surface area contributed by atoms with E-state index in [0.29, 0.717) is 0 Å². The summed E-state index contributed by atoms with van der Waals surface area (Å²) in [7, 11) is 1.94. The van der Waals surface area contributed by atoms with Crippen LogP contribution in [0.4, 0.5) is 0 Å². The van der Waals surface area contributed by atoms with Crippen molar-refractivity contribution in [3.8, 4) is 0 Å². The lowest BCUT2D eigenvalue weighted by atomic mass is 10.0. The second-order valence-corrected chi connectivity index (χ2v) is 8.67. The van der Waals surface area contributed by atoms with Gasteiger partial charge in [0.05, 0.1) is 0 Å². The van der Waals surface area contributed by atoms with E-state index in [-0.39, 0.29) is 0 Å². The summed E-state index contributed by atoms with van der Waals surface area (Å²) in [5.74, 6) is 5.50. The Balaban J connectivity index is 1.40. The maximum Gasteiger partial charge on any atom is 0.193 e. The number of nitrogens with one attached hydrogen (secondary N) is 1. The number of hydrogen-bond donors (Lipinski definition) is 1. The van der Waals surface area contributed by atoms with Crippen molar-refractivity contribution in [3.63, 3.8) is 0 Å². The average molecular weight is 339 g/mol. The van der Waals surface area contributed by atoms with Crippen molar-refractivity contribution in [2.75, 3.05) is 57.8 Å². The van der Waals surface area contributed by atoms with Gasteiger partial charge in [0.1, 0.15) is 0 Å². The highest BCUT2D eigenvalue weighted by atomic mass is 32.2. The SMILES string of the molecule is CN=C(NCC1CCSCC1)N1CCC(CN2CCCCC2)C1. The van der Waals surface area contributed by atoms with E-state index < -0.39 is 0 Å². The number of likely N-dealkylation sites (tertiary alicyclic amines) is 2. The number of nitrogens with zero attached hydrogens (tertiary/aromatic N) is 3. The van der Waals surface area contributed by atoms with E-state index in [1.807, 2.05) is 7.05 Å². The van der Waals surface area contributed by atoms with Crippen LogP contribution in [-0.4, -0.2) is 73.6 Å². The normalized spacial score (nSPS) is 28.3. The lowest BCUT2D eigenvalue weighted by molar-refractivity contribution is 0.198. The van der Waals surface area contributed by atoms with Gasteiger partial charge in [0.25, 0.3) is 0 Å². The van der Waals surface area contributed by atoms with Gasteiger partial charge in [0.2, 0.25) is 0 Å². The van der Waals surface area contributed by atoms with Crippen molar-refractivity contribution in [2.45, 2.75) is 38.5 Å².